The van der Waals surface area contributed by atoms with Crippen molar-refractivity contribution in [2.75, 3.05) is 27.3 Å². The maximum atomic E-state index is 12.1. The second-order valence-corrected chi connectivity index (χ2v) is 7.89. The third-order valence-electron chi connectivity index (χ3n) is 5.64. The summed E-state index contributed by atoms with van der Waals surface area (Å²) < 4.78 is 12.8. The number of fused-ring (bicyclic) bond motifs is 1. The lowest BCUT2D eigenvalue weighted by Gasteiger charge is -2.21. The molecule has 1 aliphatic heterocycles. The van der Waals surface area contributed by atoms with E-state index in [0.29, 0.717) is 29.6 Å². The molecule has 1 aromatic carbocycles. The van der Waals surface area contributed by atoms with E-state index in [1.807, 2.05) is 26.0 Å². The van der Waals surface area contributed by atoms with E-state index >= 15 is 0 Å². The van der Waals surface area contributed by atoms with Crippen molar-refractivity contribution < 1.29 is 14.3 Å². The van der Waals surface area contributed by atoms with Crippen molar-refractivity contribution in [2.45, 2.75) is 46.3 Å². The fourth-order valence-corrected chi connectivity index (χ4v) is 3.83. The van der Waals surface area contributed by atoms with Crippen LogP contribution in [0.2, 0.25) is 5.02 Å². The zero-order valence-corrected chi connectivity index (χ0v) is 18.8. The molecule has 0 saturated heterocycles. The van der Waals surface area contributed by atoms with Crippen molar-refractivity contribution in [3.8, 4) is 11.5 Å². The normalized spacial score (nSPS) is 15.2. The average molecular weight is 436 g/mol. The summed E-state index contributed by atoms with van der Waals surface area (Å²) >= 11 is 6.56. The summed E-state index contributed by atoms with van der Waals surface area (Å²) in [4.78, 5) is 14.4. The largest absolute Gasteiger partial charge is 0.493 e. The number of rotatable bonds is 8. The Morgan fingerprint density at radius 3 is 2.73 bits per heavy atom. The lowest BCUT2D eigenvalue weighted by molar-refractivity contribution is -0.124. The molecular weight excluding hydrogens is 406 g/mol. The highest BCUT2D eigenvalue weighted by atomic mass is 35.5. The first-order valence-electron chi connectivity index (χ1n) is 10.3. The van der Waals surface area contributed by atoms with E-state index in [2.05, 4.69) is 25.0 Å². The highest BCUT2D eigenvalue weighted by molar-refractivity contribution is 6.33. The van der Waals surface area contributed by atoms with Gasteiger partial charge >= 0.3 is 0 Å². The number of nitrogens with one attached hydrogen (secondary N) is 1. The number of carbonyl (C=O) groups is 1. The van der Waals surface area contributed by atoms with Crippen molar-refractivity contribution in [3.63, 3.8) is 0 Å². The molecule has 1 atom stereocenters. The molecule has 30 heavy (non-hydrogen) atoms. The topological polar surface area (TPSA) is 81.5 Å². The van der Waals surface area contributed by atoms with Crippen molar-refractivity contribution in [2.24, 2.45) is 5.92 Å². The highest BCUT2D eigenvalue weighted by Crippen LogP contribution is 2.37. The maximum Gasteiger partial charge on any atom is 0.223 e. The van der Waals surface area contributed by atoms with Crippen LogP contribution in [0.1, 0.15) is 37.5 Å². The van der Waals surface area contributed by atoms with Crippen LogP contribution in [0.25, 0.3) is 0 Å². The molecule has 0 aliphatic carbocycles. The standard InChI is InChI=1S/C21H30ClN5O3/c1-5-14(2)21(28)23-12-18-25-24-17-8-9-26(10-11-27(17)18)13-15-6-7-16(29-3)20(30-4)19(15)22/h6-7,14H,5,8-13H2,1-4H3,(H,23,28). The first-order valence-corrected chi connectivity index (χ1v) is 10.7. The van der Waals surface area contributed by atoms with E-state index in [4.69, 9.17) is 21.1 Å². The van der Waals surface area contributed by atoms with Gasteiger partial charge in [-0.3, -0.25) is 9.69 Å². The molecule has 0 bridgehead atoms. The van der Waals surface area contributed by atoms with E-state index in [-0.39, 0.29) is 11.8 Å². The lowest BCUT2D eigenvalue weighted by atomic mass is 10.1. The van der Waals surface area contributed by atoms with Gasteiger partial charge in [0.25, 0.3) is 0 Å². The van der Waals surface area contributed by atoms with Crippen LogP contribution in [0, 0.1) is 5.92 Å². The molecule has 9 heteroatoms. The fourth-order valence-electron chi connectivity index (χ4n) is 3.53. The summed E-state index contributed by atoms with van der Waals surface area (Å²) in [6.45, 7) is 7.49. The summed E-state index contributed by atoms with van der Waals surface area (Å²) in [6, 6.07) is 3.86. The molecule has 3 rings (SSSR count). The minimum Gasteiger partial charge on any atom is -0.493 e. The molecule has 0 spiro atoms. The Labute approximate surface area is 182 Å². The van der Waals surface area contributed by atoms with Gasteiger partial charge in [-0.05, 0) is 18.1 Å². The number of halogens is 1. The Morgan fingerprint density at radius 2 is 2.03 bits per heavy atom. The van der Waals surface area contributed by atoms with Crippen molar-refractivity contribution in [3.05, 3.63) is 34.4 Å². The van der Waals surface area contributed by atoms with Crippen LogP contribution in [-0.4, -0.2) is 52.9 Å². The Kier molecular flexibility index (Phi) is 7.55. The smallest absolute Gasteiger partial charge is 0.223 e. The predicted molar refractivity (Wildman–Crippen MR) is 115 cm³/mol. The van der Waals surface area contributed by atoms with Crippen LogP contribution in [0.3, 0.4) is 0 Å². The van der Waals surface area contributed by atoms with Gasteiger partial charge in [-0.2, -0.15) is 0 Å². The molecular formula is C21H30ClN5O3. The summed E-state index contributed by atoms with van der Waals surface area (Å²) in [6.07, 6.45) is 1.61. The van der Waals surface area contributed by atoms with E-state index in [9.17, 15) is 4.79 Å². The van der Waals surface area contributed by atoms with Crippen LogP contribution in [-0.2, 0) is 30.8 Å². The van der Waals surface area contributed by atoms with E-state index in [1.54, 1.807) is 14.2 Å². The number of ether oxygens (including phenoxy) is 2. The number of aromatic nitrogens is 3. The minimum absolute atomic E-state index is 0.00162. The lowest BCUT2D eigenvalue weighted by Crippen LogP contribution is -2.30. The van der Waals surface area contributed by atoms with Gasteiger partial charge in [0.2, 0.25) is 5.91 Å². The van der Waals surface area contributed by atoms with Gasteiger partial charge in [-0.15, -0.1) is 10.2 Å². The Balaban J connectivity index is 1.65. The van der Waals surface area contributed by atoms with Gasteiger partial charge in [0.05, 0.1) is 25.8 Å². The molecule has 1 unspecified atom stereocenters. The molecule has 0 radical (unpaired) electrons. The predicted octanol–water partition coefficient (Wildman–Crippen LogP) is 2.67. The number of hydrogen-bond donors (Lipinski definition) is 1. The molecule has 1 aromatic heterocycles. The summed E-state index contributed by atoms with van der Waals surface area (Å²) in [5, 5.41) is 12.2. The van der Waals surface area contributed by atoms with Gasteiger partial charge in [0.15, 0.2) is 17.3 Å². The molecule has 0 fully saturated rings. The van der Waals surface area contributed by atoms with Crippen LogP contribution < -0.4 is 14.8 Å². The number of nitrogens with zero attached hydrogens (tertiary/aromatic N) is 4. The zero-order valence-electron chi connectivity index (χ0n) is 18.1. The molecule has 8 nitrogen and oxygen atoms in total. The highest BCUT2D eigenvalue weighted by Gasteiger charge is 2.21. The van der Waals surface area contributed by atoms with Gasteiger partial charge in [-0.1, -0.05) is 31.5 Å². The zero-order chi connectivity index (χ0) is 21.7. The van der Waals surface area contributed by atoms with E-state index < -0.39 is 0 Å². The van der Waals surface area contributed by atoms with Gasteiger partial charge in [-0.25, -0.2) is 0 Å². The third kappa shape index (κ3) is 4.87. The molecule has 0 saturated carbocycles. The van der Waals surface area contributed by atoms with Crippen LogP contribution >= 0.6 is 11.6 Å². The number of carbonyl (C=O) groups excluding carboxylic acids is 1. The molecule has 1 aliphatic rings. The van der Waals surface area contributed by atoms with Crippen molar-refractivity contribution in [1.82, 2.24) is 25.0 Å². The van der Waals surface area contributed by atoms with Gasteiger partial charge < -0.3 is 19.4 Å². The van der Waals surface area contributed by atoms with Crippen LogP contribution in [0.15, 0.2) is 12.1 Å². The first-order chi connectivity index (χ1) is 14.5. The van der Waals surface area contributed by atoms with Crippen LogP contribution in [0.5, 0.6) is 11.5 Å². The Morgan fingerprint density at radius 1 is 1.23 bits per heavy atom. The molecule has 1 N–H and O–H groups in total. The monoisotopic (exact) mass is 435 g/mol. The maximum absolute atomic E-state index is 12.1. The average Bonchev–Trinajstić information content (AvgIpc) is 3.04. The van der Waals surface area contributed by atoms with Gasteiger partial charge in [0, 0.05) is 38.5 Å². The second kappa shape index (κ2) is 10.1. The molecule has 1 amide bonds. The number of hydrogen-bond acceptors (Lipinski definition) is 6. The number of benzene rings is 1. The third-order valence-corrected chi connectivity index (χ3v) is 6.05. The quantitative estimate of drug-likeness (QED) is 0.686. The summed E-state index contributed by atoms with van der Waals surface area (Å²) in [5.41, 5.74) is 0.994. The van der Waals surface area contributed by atoms with Crippen LogP contribution in [0.4, 0.5) is 0 Å². The van der Waals surface area contributed by atoms with Gasteiger partial charge in [0.1, 0.15) is 5.82 Å². The number of amides is 1. The van der Waals surface area contributed by atoms with E-state index in [0.717, 1.165) is 49.7 Å². The summed E-state index contributed by atoms with van der Waals surface area (Å²) in [7, 11) is 3.19. The minimum atomic E-state index is -0.00162. The second-order valence-electron chi connectivity index (χ2n) is 7.51. The first kappa shape index (κ1) is 22.4. The van der Waals surface area contributed by atoms with E-state index in [1.165, 1.54) is 0 Å². The number of methoxy groups -OCH3 is 2. The SMILES string of the molecule is CCC(C)C(=O)NCc1nnc2n1CCN(Cc1ccc(OC)c(OC)c1Cl)CC2. The molecule has 2 aromatic rings. The van der Waals surface area contributed by atoms with Crippen molar-refractivity contribution in [1.29, 1.82) is 0 Å². The molecule has 164 valence electrons. The fraction of sp³-hybridized carbons (Fsp3) is 0.571. The molecule has 2 heterocycles. The Hall–Kier alpha value is -2.32. The summed E-state index contributed by atoms with van der Waals surface area (Å²) in [5.74, 6) is 2.98. The van der Waals surface area contributed by atoms with Crippen molar-refractivity contribution >= 4 is 17.5 Å². The Bertz CT molecular complexity index is 886.